The zero-order valence-corrected chi connectivity index (χ0v) is 13.4. The van der Waals surface area contributed by atoms with Crippen LogP contribution in [0.5, 0.6) is 0 Å². The summed E-state index contributed by atoms with van der Waals surface area (Å²) < 4.78 is 5.22. The van der Waals surface area contributed by atoms with Gasteiger partial charge in [-0.15, -0.1) is 0 Å². The van der Waals surface area contributed by atoms with Gasteiger partial charge in [-0.05, 0) is 39.2 Å². The van der Waals surface area contributed by atoms with E-state index in [0.29, 0.717) is 13.0 Å². The molecule has 0 radical (unpaired) electrons. The van der Waals surface area contributed by atoms with Crippen LogP contribution in [-0.4, -0.2) is 18.1 Å². The molecule has 0 saturated carbocycles. The smallest absolute Gasteiger partial charge is 0.306 e. The Bertz CT molecular complexity index is 398. The summed E-state index contributed by atoms with van der Waals surface area (Å²) in [6, 6.07) is 9.73. The minimum absolute atomic E-state index is 0.127. The van der Waals surface area contributed by atoms with Crippen LogP contribution in [-0.2, 0) is 21.0 Å². The number of nitrogens with one attached hydrogen (secondary N) is 1. The number of benzene rings is 1. The van der Waals surface area contributed by atoms with Crippen LogP contribution in [0.1, 0.15) is 52.0 Å². The number of unbranched alkanes of at least 4 members (excludes halogenated alkanes) is 2. The van der Waals surface area contributed by atoms with Crippen molar-refractivity contribution in [3.8, 4) is 0 Å². The predicted molar refractivity (Wildman–Crippen MR) is 83.5 cm³/mol. The average molecular weight is 293 g/mol. The lowest BCUT2D eigenvalue weighted by molar-refractivity contribution is -0.145. The zero-order valence-electron chi connectivity index (χ0n) is 13.4. The predicted octanol–water partition coefficient (Wildman–Crippen LogP) is 3.61. The third-order valence-corrected chi connectivity index (χ3v) is 2.78. The summed E-state index contributed by atoms with van der Waals surface area (Å²) in [7, 11) is 0. The van der Waals surface area contributed by atoms with E-state index in [4.69, 9.17) is 9.57 Å². The van der Waals surface area contributed by atoms with E-state index in [2.05, 4.69) is 5.48 Å². The average Bonchev–Trinajstić information content (AvgIpc) is 2.44. The second kappa shape index (κ2) is 9.53. The fourth-order valence-corrected chi connectivity index (χ4v) is 1.72. The summed E-state index contributed by atoms with van der Waals surface area (Å²) in [4.78, 5) is 17.0. The van der Waals surface area contributed by atoms with Crippen LogP contribution < -0.4 is 5.48 Å². The van der Waals surface area contributed by atoms with Crippen molar-refractivity contribution in [1.29, 1.82) is 0 Å². The van der Waals surface area contributed by atoms with Gasteiger partial charge in [-0.25, -0.2) is 5.48 Å². The number of hydrogen-bond acceptors (Lipinski definition) is 4. The van der Waals surface area contributed by atoms with Crippen LogP contribution in [0.15, 0.2) is 30.3 Å². The van der Waals surface area contributed by atoms with Gasteiger partial charge >= 0.3 is 5.97 Å². The number of ether oxygens (including phenoxy) is 1. The van der Waals surface area contributed by atoms with Gasteiger partial charge in [0.05, 0.1) is 5.60 Å². The lowest BCUT2D eigenvalue weighted by atomic mass is 10.2. The Morgan fingerprint density at radius 1 is 1.10 bits per heavy atom. The first-order chi connectivity index (χ1) is 9.97. The maximum atomic E-state index is 11.6. The van der Waals surface area contributed by atoms with E-state index in [1.807, 2.05) is 51.1 Å². The van der Waals surface area contributed by atoms with Crippen molar-refractivity contribution in [3.05, 3.63) is 35.9 Å². The lowest BCUT2D eigenvalue weighted by Crippen LogP contribution is -2.29. The molecule has 0 amide bonds. The van der Waals surface area contributed by atoms with E-state index in [1.165, 1.54) is 0 Å². The first kappa shape index (κ1) is 17.7. The molecule has 118 valence electrons. The first-order valence-electron chi connectivity index (χ1n) is 7.58. The molecule has 0 unspecified atom stereocenters. The quantitative estimate of drug-likeness (QED) is 0.429. The van der Waals surface area contributed by atoms with Crippen LogP contribution in [0.2, 0.25) is 0 Å². The molecule has 0 aliphatic heterocycles. The van der Waals surface area contributed by atoms with E-state index in [-0.39, 0.29) is 11.6 Å². The van der Waals surface area contributed by atoms with Gasteiger partial charge in [0.1, 0.15) is 6.61 Å². The molecule has 0 aliphatic carbocycles. The number of carbonyl (C=O) groups is 1. The van der Waals surface area contributed by atoms with Gasteiger partial charge in [0.15, 0.2) is 0 Å². The molecule has 21 heavy (non-hydrogen) atoms. The van der Waals surface area contributed by atoms with Crippen molar-refractivity contribution in [2.24, 2.45) is 0 Å². The molecule has 0 bridgehead atoms. The number of hydrogen-bond donors (Lipinski definition) is 1. The summed E-state index contributed by atoms with van der Waals surface area (Å²) in [5, 5.41) is 0. The highest BCUT2D eigenvalue weighted by Crippen LogP contribution is 2.06. The van der Waals surface area contributed by atoms with Gasteiger partial charge in [0.25, 0.3) is 0 Å². The summed E-state index contributed by atoms with van der Waals surface area (Å²) in [5.74, 6) is -0.127. The van der Waals surface area contributed by atoms with Crippen LogP contribution in [0, 0.1) is 0 Å². The van der Waals surface area contributed by atoms with Gasteiger partial charge in [-0.3, -0.25) is 9.63 Å². The molecule has 1 aromatic rings. The van der Waals surface area contributed by atoms with Crippen molar-refractivity contribution in [1.82, 2.24) is 5.48 Å². The fraction of sp³-hybridized carbons (Fsp3) is 0.588. The van der Waals surface area contributed by atoms with E-state index in [0.717, 1.165) is 31.4 Å². The minimum atomic E-state index is -0.165. The molecular weight excluding hydrogens is 266 g/mol. The molecule has 0 saturated heterocycles. The molecule has 4 heteroatoms. The Hall–Kier alpha value is -1.39. The lowest BCUT2D eigenvalue weighted by Gasteiger charge is -2.19. The first-order valence-corrected chi connectivity index (χ1v) is 7.58. The van der Waals surface area contributed by atoms with Crippen molar-refractivity contribution in [2.75, 3.05) is 6.54 Å². The second-order valence-corrected chi connectivity index (χ2v) is 6.07. The highest BCUT2D eigenvalue weighted by molar-refractivity contribution is 5.69. The molecule has 1 N–H and O–H groups in total. The van der Waals surface area contributed by atoms with E-state index < -0.39 is 0 Å². The summed E-state index contributed by atoms with van der Waals surface area (Å²) in [6.07, 6.45) is 3.31. The summed E-state index contributed by atoms with van der Waals surface area (Å²) >= 11 is 0. The van der Waals surface area contributed by atoms with E-state index in [9.17, 15) is 4.79 Å². The molecular formula is C17H27NO3. The normalized spacial score (nSPS) is 11.4. The van der Waals surface area contributed by atoms with Crippen LogP contribution in [0.3, 0.4) is 0 Å². The van der Waals surface area contributed by atoms with Gasteiger partial charge in [0, 0.05) is 13.0 Å². The largest absolute Gasteiger partial charge is 0.461 e. The van der Waals surface area contributed by atoms with Gasteiger partial charge in [-0.1, -0.05) is 36.8 Å². The highest BCUT2D eigenvalue weighted by atomic mass is 16.7. The fourth-order valence-electron chi connectivity index (χ4n) is 1.72. The Morgan fingerprint density at radius 2 is 1.81 bits per heavy atom. The minimum Gasteiger partial charge on any atom is -0.461 e. The maximum absolute atomic E-state index is 11.6. The molecule has 1 aromatic carbocycles. The Labute approximate surface area is 127 Å². The third-order valence-electron chi connectivity index (χ3n) is 2.78. The number of carbonyl (C=O) groups excluding carboxylic acids is 1. The Morgan fingerprint density at radius 3 is 2.48 bits per heavy atom. The topological polar surface area (TPSA) is 47.6 Å². The maximum Gasteiger partial charge on any atom is 0.306 e. The number of hydroxylamine groups is 1. The molecule has 0 atom stereocenters. The number of rotatable bonds is 9. The molecule has 0 aromatic heterocycles. The highest BCUT2D eigenvalue weighted by Gasteiger charge is 2.09. The zero-order chi connectivity index (χ0) is 15.6. The number of esters is 1. The summed E-state index contributed by atoms with van der Waals surface area (Å²) in [6.45, 7) is 7.17. The SMILES string of the molecule is CC(C)(C)ONCCCCCC(=O)OCc1ccccc1. The Balaban J connectivity index is 1.96. The molecule has 0 spiro atoms. The van der Waals surface area contributed by atoms with Crippen LogP contribution in [0.25, 0.3) is 0 Å². The molecule has 0 aliphatic rings. The van der Waals surface area contributed by atoms with Gasteiger partial charge < -0.3 is 4.74 Å². The standard InChI is InChI=1S/C17H27NO3/c1-17(2,3)21-18-13-9-5-8-12-16(19)20-14-15-10-6-4-7-11-15/h4,6-7,10-11,18H,5,8-9,12-14H2,1-3H3. The summed E-state index contributed by atoms with van der Waals surface area (Å²) in [5.41, 5.74) is 3.80. The molecule has 4 nitrogen and oxygen atoms in total. The van der Waals surface area contributed by atoms with Gasteiger partial charge in [-0.2, -0.15) is 0 Å². The third kappa shape index (κ3) is 10.0. The van der Waals surface area contributed by atoms with Gasteiger partial charge in [0.2, 0.25) is 0 Å². The molecule has 0 fully saturated rings. The molecule has 0 heterocycles. The van der Waals surface area contributed by atoms with E-state index in [1.54, 1.807) is 0 Å². The van der Waals surface area contributed by atoms with Crippen molar-refractivity contribution in [2.45, 2.75) is 58.7 Å². The van der Waals surface area contributed by atoms with Crippen molar-refractivity contribution >= 4 is 5.97 Å². The van der Waals surface area contributed by atoms with E-state index >= 15 is 0 Å². The van der Waals surface area contributed by atoms with Crippen LogP contribution in [0.4, 0.5) is 0 Å². The van der Waals surface area contributed by atoms with Crippen LogP contribution >= 0.6 is 0 Å². The second-order valence-electron chi connectivity index (χ2n) is 6.07. The monoisotopic (exact) mass is 293 g/mol. The Kier molecular flexibility index (Phi) is 8.01. The molecule has 1 rings (SSSR count). The van der Waals surface area contributed by atoms with Crippen molar-refractivity contribution in [3.63, 3.8) is 0 Å². The van der Waals surface area contributed by atoms with Crippen molar-refractivity contribution < 1.29 is 14.4 Å².